The van der Waals surface area contributed by atoms with Crippen molar-refractivity contribution in [3.8, 4) is 17.2 Å². The number of hydrazone groups is 1. The first-order valence-electron chi connectivity index (χ1n) is 11.3. The highest BCUT2D eigenvalue weighted by molar-refractivity contribution is 6.32. The molecule has 0 atom stereocenters. The maximum absolute atomic E-state index is 13.4. The number of hydrogen-bond donors (Lipinski definition) is 1. The van der Waals surface area contributed by atoms with Crippen molar-refractivity contribution in [3.05, 3.63) is 88.4 Å². The van der Waals surface area contributed by atoms with Crippen molar-refractivity contribution in [2.24, 2.45) is 5.10 Å². The molecule has 4 rings (SSSR count). The molecule has 1 amide bonds. The lowest BCUT2D eigenvalue weighted by Crippen LogP contribution is -2.16. The van der Waals surface area contributed by atoms with Gasteiger partial charge in [-0.3, -0.25) is 4.79 Å². The summed E-state index contributed by atoms with van der Waals surface area (Å²) in [7, 11) is 0. The fraction of sp³-hybridized carbons (Fsp3) is 0.185. The van der Waals surface area contributed by atoms with Crippen LogP contribution in [0.25, 0.3) is 11.0 Å². The minimum Gasteiger partial charge on any atom is -0.494 e. The fourth-order valence-corrected chi connectivity index (χ4v) is 3.73. The molecule has 1 aromatic heterocycles. The first-order chi connectivity index (χ1) is 17.5. The Hall–Kier alpha value is -4.04. The Labute approximate surface area is 212 Å². The molecule has 186 valence electrons. The average Bonchev–Trinajstić information content (AvgIpc) is 3.28. The van der Waals surface area contributed by atoms with E-state index in [1.807, 2.05) is 13.8 Å². The average molecular weight is 511 g/mol. The highest BCUT2D eigenvalue weighted by atomic mass is 35.5. The van der Waals surface area contributed by atoms with Crippen molar-refractivity contribution >= 4 is 34.7 Å². The van der Waals surface area contributed by atoms with Gasteiger partial charge in [0.25, 0.3) is 0 Å². The molecule has 0 spiro atoms. The number of ether oxygens (including phenoxy) is 3. The van der Waals surface area contributed by atoms with Crippen LogP contribution in [0.15, 0.2) is 70.2 Å². The number of nitrogens with zero attached hydrogens (tertiary/aromatic N) is 1. The lowest BCUT2D eigenvalue weighted by molar-refractivity contribution is 0.0929. The standard InChI is InChI=1S/C27H24ClFN2O5/c1-3-33-21-8-9-23-19(13-21)14-25(36-23)27(32)31-30-15-18-11-22(28)26(24(12-18)34-4-2)35-16-17-6-5-7-20(29)10-17/h5-15H,3-4,16H2,1-2H3,(H,31,32)/b30-15+. The van der Waals surface area contributed by atoms with Crippen molar-refractivity contribution in [2.45, 2.75) is 20.5 Å². The number of hydrogen-bond acceptors (Lipinski definition) is 6. The molecule has 0 fully saturated rings. The van der Waals surface area contributed by atoms with Crippen molar-refractivity contribution in [1.82, 2.24) is 5.43 Å². The maximum Gasteiger partial charge on any atom is 0.307 e. The molecule has 3 aromatic carbocycles. The molecule has 0 unspecified atom stereocenters. The summed E-state index contributed by atoms with van der Waals surface area (Å²) in [6, 6.07) is 16.4. The number of fused-ring (bicyclic) bond motifs is 1. The van der Waals surface area contributed by atoms with Crippen molar-refractivity contribution < 1.29 is 27.8 Å². The number of benzene rings is 3. The lowest BCUT2D eigenvalue weighted by Gasteiger charge is -2.14. The van der Waals surface area contributed by atoms with E-state index in [1.165, 1.54) is 18.3 Å². The third kappa shape index (κ3) is 6.14. The van der Waals surface area contributed by atoms with Crippen LogP contribution < -0.4 is 19.6 Å². The lowest BCUT2D eigenvalue weighted by atomic mass is 10.2. The van der Waals surface area contributed by atoms with E-state index in [-0.39, 0.29) is 23.2 Å². The molecular weight excluding hydrogens is 487 g/mol. The number of carbonyl (C=O) groups is 1. The third-order valence-corrected chi connectivity index (χ3v) is 5.29. The Kier molecular flexibility index (Phi) is 8.07. The van der Waals surface area contributed by atoms with Crippen LogP contribution in [0.3, 0.4) is 0 Å². The largest absolute Gasteiger partial charge is 0.494 e. The molecule has 0 aliphatic heterocycles. The molecular formula is C27H24ClFN2O5. The minimum atomic E-state index is -0.508. The van der Waals surface area contributed by atoms with Gasteiger partial charge in [0.05, 0.1) is 24.5 Å². The fourth-order valence-electron chi connectivity index (χ4n) is 3.46. The van der Waals surface area contributed by atoms with E-state index in [1.54, 1.807) is 48.5 Å². The zero-order valence-corrected chi connectivity index (χ0v) is 20.5. The van der Waals surface area contributed by atoms with Crippen LogP contribution in [-0.4, -0.2) is 25.3 Å². The van der Waals surface area contributed by atoms with Crippen LogP contribution in [0.5, 0.6) is 17.2 Å². The first kappa shape index (κ1) is 25.1. The summed E-state index contributed by atoms with van der Waals surface area (Å²) in [6.45, 7) is 4.76. The summed E-state index contributed by atoms with van der Waals surface area (Å²) in [5, 5.41) is 5.04. The molecule has 0 aliphatic carbocycles. The van der Waals surface area contributed by atoms with E-state index in [0.717, 1.165) is 5.39 Å². The van der Waals surface area contributed by atoms with E-state index < -0.39 is 5.91 Å². The van der Waals surface area contributed by atoms with Crippen LogP contribution in [0, 0.1) is 5.82 Å². The second kappa shape index (κ2) is 11.6. The van der Waals surface area contributed by atoms with Gasteiger partial charge in [-0.1, -0.05) is 23.7 Å². The Morgan fingerprint density at radius 2 is 1.89 bits per heavy atom. The number of amides is 1. The normalized spacial score (nSPS) is 11.1. The maximum atomic E-state index is 13.4. The Balaban J connectivity index is 1.45. The second-order valence-electron chi connectivity index (χ2n) is 7.62. The summed E-state index contributed by atoms with van der Waals surface area (Å²) < 4.78 is 36.0. The highest BCUT2D eigenvalue weighted by Crippen LogP contribution is 2.37. The quantitative estimate of drug-likeness (QED) is 0.198. The summed E-state index contributed by atoms with van der Waals surface area (Å²) in [5.74, 6) is 0.686. The van der Waals surface area contributed by atoms with Gasteiger partial charge in [-0.2, -0.15) is 5.10 Å². The predicted molar refractivity (Wildman–Crippen MR) is 136 cm³/mol. The van der Waals surface area contributed by atoms with Gasteiger partial charge in [0.1, 0.15) is 23.8 Å². The first-order valence-corrected chi connectivity index (χ1v) is 11.7. The number of nitrogens with one attached hydrogen (secondary N) is 1. The van der Waals surface area contributed by atoms with Crippen molar-refractivity contribution in [1.29, 1.82) is 0 Å². The zero-order valence-electron chi connectivity index (χ0n) is 19.7. The number of carbonyl (C=O) groups excluding carboxylic acids is 1. The van der Waals surface area contributed by atoms with Crippen molar-refractivity contribution in [2.75, 3.05) is 13.2 Å². The minimum absolute atomic E-state index is 0.116. The topological polar surface area (TPSA) is 82.3 Å². The van der Waals surface area contributed by atoms with E-state index in [2.05, 4.69) is 10.5 Å². The van der Waals surface area contributed by atoms with E-state index >= 15 is 0 Å². The summed E-state index contributed by atoms with van der Waals surface area (Å²) in [5.41, 5.74) is 4.24. The van der Waals surface area contributed by atoms with Gasteiger partial charge in [-0.05, 0) is 73.5 Å². The highest BCUT2D eigenvalue weighted by Gasteiger charge is 2.14. The number of rotatable bonds is 10. The van der Waals surface area contributed by atoms with Crippen LogP contribution in [0.2, 0.25) is 5.02 Å². The Bertz CT molecular complexity index is 1400. The number of furan rings is 1. The van der Waals surface area contributed by atoms with Gasteiger partial charge in [0.15, 0.2) is 17.3 Å². The molecule has 0 saturated heterocycles. The van der Waals surface area contributed by atoms with Crippen molar-refractivity contribution in [3.63, 3.8) is 0 Å². The van der Waals surface area contributed by atoms with Gasteiger partial charge in [-0.25, -0.2) is 9.82 Å². The smallest absolute Gasteiger partial charge is 0.307 e. The third-order valence-electron chi connectivity index (χ3n) is 5.01. The van der Waals surface area contributed by atoms with Crippen LogP contribution in [0.4, 0.5) is 4.39 Å². The molecule has 0 radical (unpaired) electrons. The van der Waals surface area contributed by atoms with E-state index in [4.69, 9.17) is 30.2 Å². The van der Waals surface area contributed by atoms with Gasteiger partial charge in [0.2, 0.25) is 0 Å². The van der Waals surface area contributed by atoms with E-state index in [0.29, 0.717) is 47.2 Å². The molecule has 0 saturated carbocycles. The van der Waals surface area contributed by atoms with Crippen LogP contribution in [0.1, 0.15) is 35.5 Å². The molecule has 0 aliphatic rings. The van der Waals surface area contributed by atoms with Gasteiger partial charge >= 0.3 is 5.91 Å². The summed E-state index contributed by atoms with van der Waals surface area (Å²) in [6.07, 6.45) is 1.43. The molecule has 1 heterocycles. The molecule has 9 heteroatoms. The van der Waals surface area contributed by atoms with Gasteiger partial charge < -0.3 is 18.6 Å². The summed E-state index contributed by atoms with van der Waals surface area (Å²) >= 11 is 6.43. The molecule has 7 nitrogen and oxygen atoms in total. The van der Waals surface area contributed by atoms with E-state index in [9.17, 15) is 9.18 Å². The molecule has 36 heavy (non-hydrogen) atoms. The Morgan fingerprint density at radius 3 is 2.67 bits per heavy atom. The second-order valence-corrected chi connectivity index (χ2v) is 8.03. The predicted octanol–water partition coefficient (Wildman–Crippen LogP) is 6.37. The van der Waals surface area contributed by atoms with Gasteiger partial charge in [0, 0.05) is 5.39 Å². The SMILES string of the molecule is CCOc1ccc2oc(C(=O)N/N=C/c3cc(Cl)c(OCc4cccc(F)c4)c(OCC)c3)cc2c1. The number of halogens is 2. The zero-order chi connectivity index (χ0) is 25.5. The molecule has 0 bridgehead atoms. The van der Waals surface area contributed by atoms with Gasteiger partial charge in [-0.15, -0.1) is 0 Å². The monoisotopic (exact) mass is 510 g/mol. The van der Waals surface area contributed by atoms with Crippen LogP contribution in [-0.2, 0) is 6.61 Å². The summed E-state index contributed by atoms with van der Waals surface area (Å²) in [4.78, 5) is 12.5. The van der Waals surface area contributed by atoms with Crippen LogP contribution >= 0.6 is 11.6 Å². The molecule has 1 N–H and O–H groups in total. The molecule has 4 aromatic rings. The Morgan fingerprint density at radius 1 is 1.06 bits per heavy atom.